The number of likely N-dealkylation sites (N-methyl/N-ethyl adjacent to an activating group) is 1. The lowest BCUT2D eigenvalue weighted by Gasteiger charge is -2.25. The predicted octanol–water partition coefficient (Wildman–Crippen LogP) is 13.6. The van der Waals surface area contributed by atoms with Gasteiger partial charge in [-0.25, -0.2) is 4.79 Å². The van der Waals surface area contributed by atoms with Crippen LogP contribution >= 0.6 is 0 Å². The minimum absolute atomic E-state index is 0.184. The summed E-state index contributed by atoms with van der Waals surface area (Å²) in [7, 11) is 5.96. The van der Waals surface area contributed by atoms with Gasteiger partial charge in [-0.05, 0) is 64.2 Å². The Bertz CT molecular complexity index is 1040. The summed E-state index contributed by atoms with van der Waals surface area (Å²) in [4.78, 5) is 37.2. The molecule has 60 heavy (non-hydrogen) atoms. The lowest BCUT2D eigenvalue weighted by molar-refractivity contribution is -0.870. The molecule has 9 nitrogen and oxygen atoms in total. The van der Waals surface area contributed by atoms with Crippen LogP contribution in [-0.2, 0) is 33.3 Å². The quantitative estimate of drug-likeness (QED) is 0.0212. The highest BCUT2D eigenvalue weighted by atomic mass is 16.7. The molecule has 352 valence electrons. The van der Waals surface area contributed by atoms with E-state index >= 15 is 0 Å². The Labute approximate surface area is 369 Å². The third kappa shape index (κ3) is 43.8. The van der Waals surface area contributed by atoms with E-state index in [4.69, 9.17) is 18.9 Å². The lowest BCUT2D eigenvalue weighted by atomic mass is 10.0. The second-order valence-electron chi connectivity index (χ2n) is 18.1. The number of carboxylic acid groups (broad SMARTS) is 1. The summed E-state index contributed by atoms with van der Waals surface area (Å²) >= 11 is 0. The third-order valence-corrected chi connectivity index (χ3v) is 10.9. The van der Waals surface area contributed by atoms with Crippen molar-refractivity contribution in [3.05, 3.63) is 24.3 Å². The molecule has 0 heterocycles. The molecular weight excluding hydrogens is 755 g/mol. The number of carbonyl (C=O) groups excluding carboxylic acids is 2. The van der Waals surface area contributed by atoms with Gasteiger partial charge in [0.05, 0.1) is 34.4 Å². The summed E-state index contributed by atoms with van der Waals surface area (Å²) in [6, 6.07) is 0. The Kier molecular flexibility index (Phi) is 41.8. The molecule has 0 aromatic carbocycles. The normalized spacial score (nSPS) is 13.0. The molecular formula is C51H96NO8+. The molecule has 0 aromatic rings. The largest absolute Gasteiger partial charge is 0.477 e. The van der Waals surface area contributed by atoms with Crippen LogP contribution in [0.2, 0.25) is 0 Å². The van der Waals surface area contributed by atoms with Crippen LogP contribution in [0, 0.1) is 0 Å². The first-order valence-electron chi connectivity index (χ1n) is 25.0. The molecule has 0 aliphatic carbocycles. The number of hydrogen-bond acceptors (Lipinski definition) is 7. The molecule has 9 heteroatoms. The SMILES string of the molecule is CCCCC/C=C\CCCCCCCC(=O)OCC(COC(OCC[N+](C)(C)C)C(=O)O)OC(=O)CCCCCCCCCCCCC/C=C\CCCCCCCCCC. The van der Waals surface area contributed by atoms with Gasteiger partial charge in [0.25, 0.3) is 6.29 Å². The molecule has 0 bridgehead atoms. The first kappa shape index (κ1) is 57.8. The molecule has 0 saturated heterocycles. The van der Waals surface area contributed by atoms with Crippen molar-refractivity contribution < 1.29 is 42.9 Å². The van der Waals surface area contributed by atoms with Crippen LogP contribution in [-0.4, -0.2) is 87.4 Å². The molecule has 2 atom stereocenters. The zero-order valence-corrected chi connectivity index (χ0v) is 39.9. The van der Waals surface area contributed by atoms with Crippen LogP contribution in [0.5, 0.6) is 0 Å². The highest BCUT2D eigenvalue weighted by Gasteiger charge is 2.25. The van der Waals surface area contributed by atoms with Crippen LogP contribution < -0.4 is 0 Å². The maximum absolute atomic E-state index is 12.8. The average Bonchev–Trinajstić information content (AvgIpc) is 3.21. The molecule has 0 rings (SSSR count). The van der Waals surface area contributed by atoms with Gasteiger partial charge in [0.2, 0.25) is 0 Å². The van der Waals surface area contributed by atoms with E-state index in [0.29, 0.717) is 17.4 Å². The maximum atomic E-state index is 12.8. The lowest BCUT2D eigenvalue weighted by Crippen LogP contribution is -2.40. The Morgan fingerprint density at radius 3 is 1.27 bits per heavy atom. The van der Waals surface area contributed by atoms with E-state index < -0.39 is 24.3 Å². The van der Waals surface area contributed by atoms with E-state index in [1.165, 1.54) is 141 Å². The molecule has 0 saturated carbocycles. The molecule has 0 fully saturated rings. The molecule has 2 unspecified atom stereocenters. The van der Waals surface area contributed by atoms with Gasteiger partial charge in [0.15, 0.2) is 6.10 Å². The van der Waals surface area contributed by atoms with Crippen LogP contribution in [0.4, 0.5) is 0 Å². The van der Waals surface area contributed by atoms with Gasteiger partial charge >= 0.3 is 17.9 Å². The smallest absolute Gasteiger partial charge is 0.361 e. The fraction of sp³-hybridized carbons (Fsp3) is 0.863. The van der Waals surface area contributed by atoms with E-state index in [2.05, 4.69) is 38.2 Å². The van der Waals surface area contributed by atoms with Crippen molar-refractivity contribution in [2.24, 2.45) is 0 Å². The second-order valence-corrected chi connectivity index (χ2v) is 18.1. The standard InChI is InChI=1S/C51H95NO8/c1-6-8-10-12-14-16-18-20-21-22-23-24-25-26-27-28-29-30-32-34-36-38-40-42-49(54)60-47(46-59-51(50(55)56)57-44-43-52(3,4)5)45-58-48(53)41-39-37-35-33-31-19-17-15-13-11-9-7-2/h15,17,22-23,47,51H,6-14,16,18-21,24-46H2,1-5H3/p+1/b17-15-,23-22-. The van der Waals surface area contributed by atoms with Crippen LogP contribution in [0.3, 0.4) is 0 Å². The van der Waals surface area contributed by atoms with Crippen molar-refractivity contribution >= 4 is 17.9 Å². The van der Waals surface area contributed by atoms with Crippen molar-refractivity contribution in [2.45, 2.75) is 238 Å². The van der Waals surface area contributed by atoms with Crippen molar-refractivity contribution in [1.82, 2.24) is 0 Å². The van der Waals surface area contributed by atoms with Crippen molar-refractivity contribution in [3.8, 4) is 0 Å². The topological polar surface area (TPSA) is 108 Å². The Morgan fingerprint density at radius 2 is 0.850 bits per heavy atom. The fourth-order valence-electron chi connectivity index (χ4n) is 7.00. The number of quaternary nitrogens is 1. The van der Waals surface area contributed by atoms with Gasteiger partial charge in [-0.15, -0.1) is 0 Å². The average molecular weight is 851 g/mol. The minimum atomic E-state index is -1.51. The van der Waals surface area contributed by atoms with Gasteiger partial charge < -0.3 is 28.5 Å². The number of unbranched alkanes of at least 4 members (excludes halogenated alkanes) is 27. The summed E-state index contributed by atoms with van der Waals surface area (Å²) in [5.74, 6) is -2.01. The summed E-state index contributed by atoms with van der Waals surface area (Å²) in [6.45, 7) is 4.85. The number of allylic oxidation sites excluding steroid dienone is 4. The maximum Gasteiger partial charge on any atom is 0.361 e. The first-order valence-corrected chi connectivity index (χ1v) is 25.0. The van der Waals surface area contributed by atoms with Crippen LogP contribution in [0.15, 0.2) is 24.3 Å². The second kappa shape index (κ2) is 43.4. The molecule has 0 aromatic heterocycles. The monoisotopic (exact) mass is 851 g/mol. The van der Waals surface area contributed by atoms with E-state index in [1.807, 2.05) is 21.1 Å². The van der Waals surface area contributed by atoms with Gasteiger partial charge in [-0.3, -0.25) is 9.59 Å². The number of carbonyl (C=O) groups is 3. The molecule has 1 N–H and O–H groups in total. The zero-order valence-electron chi connectivity index (χ0n) is 39.9. The van der Waals surface area contributed by atoms with E-state index in [-0.39, 0.29) is 32.2 Å². The first-order chi connectivity index (χ1) is 29.1. The highest BCUT2D eigenvalue weighted by Crippen LogP contribution is 2.15. The molecule has 0 amide bonds. The fourth-order valence-corrected chi connectivity index (χ4v) is 7.00. The minimum Gasteiger partial charge on any atom is -0.477 e. The number of aliphatic carboxylic acids is 1. The van der Waals surface area contributed by atoms with Crippen LogP contribution in [0.1, 0.15) is 226 Å². The molecule has 0 aliphatic heterocycles. The highest BCUT2D eigenvalue weighted by molar-refractivity contribution is 5.71. The number of hydrogen-bond donors (Lipinski definition) is 1. The van der Waals surface area contributed by atoms with Crippen molar-refractivity contribution in [3.63, 3.8) is 0 Å². The van der Waals surface area contributed by atoms with Crippen LogP contribution in [0.25, 0.3) is 0 Å². The number of esters is 2. The third-order valence-electron chi connectivity index (χ3n) is 10.9. The summed E-state index contributed by atoms with van der Waals surface area (Å²) < 4.78 is 22.8. The number of ether oxygens (including phenoxy) is 4. The van der Waals surface area contributed by atoms with E-state index in [0.717, 1.165) is 57.8 Å². The summed E-state index contributed by atoms with van der Waals surface area (Å²) in [6.07, 6.45) is 45.3. The van der Waals surface area contributed by atoms with E-state index in [9.17, 15) is 19.5 Å². The molecule has 0 spiro atoms. The molecule has 0 radical (unpaired) electrons. The number of carboxylic acids is 1. The summed E-state index contributed by atoms with van der Waals surface area (Å²) in [5, 5.41) is 9.65. The summed E-state index contributed by atoms with van der Waals surface area (Å²) in [5.41, 5.74) is 0. The van der Waals surface area contributed by atoms with Crippen molar-refractivity contribution in [2.75, 3.05) is 47.5 Å². The molecule has 0 aliphatic rings. The number of nitrogens with zero attached hydrogens (tertiary/aromatic N) is 1. The van der Waals surface area contributed by atoms with Gasteiger partial charge in [0.1, 0.15) is 13.2 Å². The van der Waals surface area contributed by atoms with E-state index in [1.54, 1.807) is 0 Å². The predicted molar refractivity (Wildman–Crippen MR) is 249 cm³/mol. The van der Waals surface area contributed by atoms with Gasteiger partial charge in [-0.1, -0.05) is 173 Å². The van der Waals surface area contributed by atoms with Crippen molar-refractivity contribution in [1.29, 1.82) is 0 Å². The van der Waals surface area contributed by atoms with Gasteiger partial charge in [-0.2, -0.15) is 0 Å². The number of rotatable bonds is 46. The Balaban J connectivity index is 4.28. The van der Waals surface area contributed by atoms with Gasteiger partial charge in [0, 0.05) is 12.8 Å². The zero-order chi connectivity index (χ0) is 44.2. The Morgan fingerprint density at radius 1 is 0.483 bits per heavy atom. The Hall–Kier alpha value is -2.23.